The second-order valence-corrected chi connectivity index (χ2v) is 12.7. The monoisotopic (exact) mass is 255 g/mol. The molecule has 0 aliphatic rings. The van der Waals surface area contributed by atoms with Crippen molar-refractivity contribution in [1.29, 1.82) is 0 Å². The van der Waals surface area contributed by atoms with Crippen LogP contribution >= 0.6 is 0 Å². The molecule has 4 heteroatoms. The molecule has 0 unspecified atom stereocenters. The Hall–Kier alpha value is 0.679. The van der Waals surface area contributed by atoms with E-state index in [1.165, 1.54) is 0 Å². The zero-order chi connectivity index (χ0) is 8.04. The molecule has 0 aliphatic carbocycles. The Labute approximate surface area is 67.8 Å². The third-order valence-corrected chi connectivity index (χ3v) is 10.2. The summed E-state index contributed by atoms with van der Waals surface area (Å²) in [6.07, 6.45) is 1.02. The molecule has 3 nitrogen and oxygen atoms in total. The molecule has 0 rings (SSSR count). The van der Waals surface area contributed by atoms with Crippen molar-refractivity contribution < 1.29 is 6.15 Å². The summed E-state index contributed by atoms with van der Waals surface area (Å²) in [4.78, 5) is 2.12. The third-order valence-electron chi connectivity index (χ3n) is 1.70. The van der Waals surface area contributed by atoms with Crippen LogP contribution in [0.1, 0.15) is 6.42 Å². The first-order valence-corrected chi connectivity index (χ1v) is 10.7. The number of rotatable bonds is 5. The van der Waals surface area contributed by atoms with Crippen LogP contribution in [-0.4, -0.2) is 40.0 Å². The summed E-state index contributed by atoms with van der Waals surface area (Å²) < 4.78 is 11.7. The Kier molecular flexibility index (Phi) is 5.71. The van der Waals surface area contributed by atoms with Crippen LogP contribution in [0.2, 0.25) is 9.38 Å². The van der Waals surface area contributed by atoms with Gasteiger partial charge in [-0.2, -0.15) is 0 Å². The fourth-order valence-corrected chi connectivity index (χ4v) is 4.77. The molecule has 0 spiro atoms. The van der Waals surface area contributed by atoms with Crippen LogP contribution in [-0.2, 0) is 6.15 Å². The summed E-state index contributed by atoms with van der Waals surface area (Å²) in [7, 11) is 3.46. The molecule has 0 aromatic rings. The van der Waals surface area contributed by atoms with Gasteiger partial charge in [-0.05, 0) is 0 Å². The Bertz CT molecular complexity index is 85.8. The molecular formula is C6H17NO2Sn. The minimum absolute atomic E-state index is 0.735. The van der Waals surface area contributed by atoms with Crippen molar-refractivity contribution in [2.45, 2.75) is 15.8 Å². The maximum atomic E-state index is 5.37. The zero-order valence-corrected chi connectivity index (χ0v) is 9.87. The molecule has 0 aromatic heterocycles. The molecular weight excluding hydrogens is 237 g/mol. The van der Waals surface area contributed by atoms with Crippen molar-refractivity contribution in [2.75, 3.05) is 20.8 Å². The average molecular weight is 254 g/mol. The van der Waals surface area contributed by atoms with E-state index in [2.05, 4.69) is 4.94 Å². The van der Waals surface area contributed by atoms with Gasteiger partial charge in [0, 0.05) is 0 Å². The summed E-state index contributed by atoms with van der Waals surface area (Å²) in [6.45, 7) is 0.735. The Morgan fingerprint density at radius 3 is 2.10 bits per heavy atom. The Morgan fingerprint density at radius 2 is 1.80 bits per heavy atom. The maximum absolute atomic E-state index is 5.37. The van der Waals surface area contributed by atoms with E-state index in [-0.39, 0.29) is 0 Å². The SMILES string of the molecule is C[O][Sn]([CH3])([CH2]CCN)[O]C. The van der Waals surface area contributed by atoms with Crippen LogP contribution in [0.15, 0.2) is 0 Å². The van der Waals surface area contributed by atoms with E-state index in [9.17, 15) is 0 Å². The van der Waals surface area contributed by atoms with Gasteiger partial charge in [-0.15, -0.1) is 0 Å². The van der Waals surface area contributed by atoms with Gasteiger partial charge in [-0.25, -0.2) is 0 Å². The molecule has 62 valence electrons. The van der Waals surface area contributed by atoms with Gasteiger partial charge in [0.05, 0.1) is 0 Å². The molecule has 0 fully saturated rings. The van der Waals surface area contributed by atoms with Crippen LogP contribution in [0.3, 0.4) is 0 Å². The standard InChI is InChI=1S/C3H8N.2CH3O.CH3.Sn/c1-2-3-4;2*1-2;;/h1-4H2;2*1H3;1H3;/q;2*-1;;+2. The second kappa shape index (κ2) is 5.34. The van der Waals surface area contributed by atoms with E-state index < -0.39 is 19.2 Å². The predicted molar refractivity (Wildman–Crippen MR) is 44.1 cm³/mol. The normalized spacial score (nSPS) is 12.0. The van der Waals surface area contributed by atoms with E-state index in [0.717, 1.165) is 17.4 Å². The quantitative estimate of drug-likeness (QED) is 0.734. The van der Waals surface area contributed by atoms with Crippen LogP contribution in [0.5, 0.6) is 0 Å². The Balaban J connectivity index is 3.58. The first-order chi connectivity index (χ1) is 4.68. The van der Waals surface area contributed by atoms with Crippen LogP contribution in [0, 0.1) is 0 Å². The second-order valence-electron chi connectivity index (χ2n) is 2.43. The summed E-state index contributed by atoms with van der Waals surface area (Å²) in [5.41, 5.74) is 5.37. The summed E-state index contributed by atoms with van der Waals surface area (Å²) in [6, 6.07) is 0. The van der Waals surface area contributed by atoms with Gasteiger partial charge in [0.15, 0.2) is 0 Å². The third kappa shape index (κ3) is 3.75. The number of hydrogen-bond donors (Lipinski definition) is 1. The number of nitrogens with two attached hydrogens (primary N) is 1. The molecule has 0 heterocycles. The van der Waals surface area contributed by atoms with Crippen LogP contribution in [0.4, 0.5) is 0 Å². The molecule has 0 aromatic carbocycles. The molecule has 10 heavy (non-hydrogen) atoms. The fourth-order valence-electron chi connectivity index (χ4n) is 0.711. The first-order valence-electron chi connectivity index (χ1n) is 3.49. The van der Waals surface area contributed by atoms with Crippen LogP contribution in [0.25, 0.3) is 0 Å². The van der Waals surface area contributed by atoms with E-state index >= 15 is 0 Å². The van der Waals surface area contributed by atoms with Gasteiger partial charge in [-0.3, -0.25) is 0 Å². The van der Waals surface area contributed by atoms with E-state index in [1.54, 1.807) is 14.2 Å². The summed E-state index contributed by atoms with van der Waals surface area (Å²) >= 11 is -2.49. The Morgan fingerprint density at radius 1 is 1.30 bits per heavy atom. The molecule has 0 saturated carbocycles. The van der Waals surface area contributed by atoms with Gasteiger partial charge < -0.3 is 0 Å². The predicted octanol–water partition coefficient (Wildman–Crippen LogP) is 0.700. The van der Waals surface area contributed by atoms with Crippen molar-refractivity contribution in [2.24, 2.45) is 5.73 Å². The van der Waals surface area contributed by atoms with E-state index in [1.807, 2.05) is 0 Å². The van der Waals surface area contributed by atoms with Crippen molar-refractivity contribution >= 4 is 19.2 Å². The van der Waals surface area contributed by atoms with Crippen molar-refractivity contribution in [3.05, 3.63) is 0 Å². The van der Waals surface area contributed by atoms with Crippen LogP contribution < -0.4 is 5.73 Å². The summed E-state index contributed by atoms with van der Waals surface area (Å²) in [5, 5.41) is 0. The van der Waals surface area contributed by atoms with Gasteiger partial charge in [-0.1, -0.05) is 0 Å². The van der Waals surface area contributed by atoms with Crippen molar-refractivity contribution in [3.63, 3.8) is 0 Å². The van der Waals surface area contributed by atoms with E-state index in [4.69, 9.17) is 11.9 Å². The minimum atomic E-state index is -2.49. The molecule has 0 aliphatic heterocycles. The van der Waals surface area contributed by atoms with Gasteiger partial charge in [0.1, 0.15) is 0 Å². The van der Waals surface area contributed by atoms with Gasteiger partial charge in [0.25, 0.3) is 0 Å². The molecule has 0 saturated heterocycles. The molecule has 0 radical (unpaired) electrons. The molecule has 2 N–H and O–H groups in total. The molecule has 0 amide bonds. The fraction of sp³-hybridized carbons (Fsp3) is 1.00. The van der Waals surface area contributed by atoms with Crippen molar-refractivity contribution in [3.8, 4) is 0 Å². The van der Waals surface area contributed by atoms with Crippen molar-refractivity contribution in [1.82, 2.24) is 0 Å². The molecule has 0 atom stereocenters. The average Bonchev–Trinajstić information content (AvgIpc) is 2.00. The zero-order valence-electron chi connectivity index (χ0n) is 7.02. The van der Waals surface area contributed by atoms with Gasteiger partial charge in [0.2, 0.25) is 0 Å². The first kappa shape index (κ1) is 10.7. The van der Waals surface area contributed by atoms with E-state index in [0.29, 0.717) is 0 Å². The molecule has 0 bridgehead atoms. The van der Waals surface area contributed by atoms with Gasteiger partial charge >= 0.3 is 67.6 Å². The topological polar surface area (TPSA) is 44.5 Å². The number of hydrogen-bond acceptors (Lipinski definition) is 3. The summed E-state index contributed by atoms with van der Waals surface area (Å²) in [5.74, 6) is 0.